The maximum Gasteiger partial charge on any atom is 0.194 e. The summed E-state index contributed by atoms with van der Waals surface area (Å²) in [6.45, 7) is 0. The minimum absolute atomic E-state index is 0.0841. The molecular formula is C15H12Br2O3. The van der Waals surface area contributed by atoms with E-state index in [0.717, 1.165) is 4.47 Å². The summed E-state index contributed by atoms with van der Waals surface area (Å²) < 4.78 is 12.0. The van der Waals surface area contributed by atoms with Crippen molar-refractivity contribution in [2.24, 2.45) is 0 Å². The van der Waals surface area contributed by atoms with Gasteiger partial charge in [-0.15, -0.1) is 0 Å². The van der Waals surface area contributed by atoms with Crippen molar-refractivity contribution in [1.29, 1.82) is 0 Å². The number of rotatable bonds is 4. The molecule has 0 fully saturated rings. The normalized spacial score (nSPS) is 10.2. The molecule has 0 spiro atoms. The van der Waals surface area contributed by atoms with E-state index < -0.39 is 0 Å². The van der Waals surface area contributed by atoms with Crippen LogP contribution in [0.1, 0.15) is 15.9 Å². The molecule has 0 radical (unpaired) electrons. The van der Waals surface area contributed by atoms with Crippen LogP contribution in [0.4, 0.5) is 0 Å². The van der Waals surface area contributed by atoms with E-state index in [2.05, 4.69) is 31.9 Å². The van der Waals surface area contributed by atoms with Gasteiger partial charge in [-0.05, 0) is 40.2 Å². The highest BCUT2D eigenvalue weighted by atomic mass is 79.9. The van der Waals surface area contributed by atoms with Gasteiger partial charge in [-0.3, -0.25) is 4.79 Å². The highest BCUT2D eigenvalue weighted by Gasteiger charge is 2.17. The van der Waals surface area contributed by atoms with Gasteiger partial charge in [-0.1, -0.05) is 28.1 Å². The SMILES string of the molecule is COc1cc(Br)c(C(=O)c2cccc(Br)c2)cc1OC. The largest absolute Gasteiger partial charge is 0.493 e. The molecule has 5 heteroatoms. The Hall–Kier alpha value is -1.33. The van der Waals surface area contributed by atoms with E-state index in [1.54, 1.807) is 38.5 Å². The van der Waals surface area contributed by atoms with Gasteiger partial charge in [0, 0.05) is 20.1 Å². The summed E-state index contributed by atoms with van der Waals surface area (Å²) in [4.78, 5) is 12.5. The summed E-state index contributed by atoms with van der Waals surface area (Å²) in [7, 11) is 3.10. The molecule has 0 aliphatic carbocycles. The van der Waals surface area contributed by atoms with Gasteiger partial charge in [0.1, 0.15) is 0 Å². The molecule has 2 aromatic rings. The molecule has 0 amide bonds. The molecule has 104 valence electrons. The number of hydrogen-bond acceptors (Lipinski definition) is 3. The second kappa shape index (κ2) is 6.41. The Bertz CT molecular complexity index is 654. The Balaban J connectivity index is 2.49. The lowest BCUT2D eigenvalue weighted by Gasteiger charge is -2.11. The molecule has 3 nitrogen and oxygen atoms in total. The number of carbonyl (C=O) groups excluding carboxylic acids is 1. The lowest BCUT2D eigenvalue weighted by molar-refractivity contribution is 0.103. The monoisotopic (exact) mass is 398 g/mol. The zero-order valence-corrected chi connectivity index (χ0v) is 14.1. The second-order valence-electron chi connectivity index (χ2n) is 4.03. The fourth-order valence-electron chi connectivity index (χ4n) is 1.81. The van der Waals surface area contributed by atoms with E-state index in [1.165, 1.54) is 0 Å². The van der Waals surface area contributed by atoms with Crippen LogP contribution in [-0.2, 0) is 0 Å². The minimum atomic E-state index is -0.0841. The van der Waals surface area contributed by atoms with E-state index in [1.807, 2.05) is 12.1 Å². The number of halogens is 2. The molecule has 0 aromatic heterocycles. The molecule has 0 aliphatic rings. The van der Waals surface area contributed by atoms with Crippen LogP contribution in [0.15, 0.2) is 45.3 Å². The lowest BCUT2D eigenvalue weighted by atomic mass is 10.0. The fraction of sp³-hybridized carbons (Fsp3) is 0.133. The molecule has 20 heavy (non-hydrogen) atoms. The molecule has 0 heterocycles. The van der Waals surface area contributed by atoms with Gasteiger partial charge in [0.2, 0.25) is 0 Å². The maximum absolute atomic E-state index is 12.5. The van der Waals surface area contributed by atoms with Crippen molar-refractivity contribution < 1.29 is 14.3 Å². The Morgan fingerprint density at radius 3 is 2.25 bits per heavy atom. The first-order chi connectivity index (χ1) is 9.56. The Morgan fingerprint density at radius 2 is 1.65 bits per heavy atom. The van der Waals surface area contributed by atoms with Crippen LogP contribution in [0.25, 0.3) is 0 Å². The lowest BCUT2D eigenvalue weighted by Crippen LogP contribution is -2.04. The summed E-state index contributed by atoms with van der Waals surface area (Å²) in [5.41, 5.74) is 1.13. The molecular weight excluding hydrogens is 388 g/mol. The van der Waals surface area contributed by atoms with Gasteiger partial charge in [-0.25, -0.2) is 0 Å². The molecule has 0 unspecified atom stereocenters. The van der Waals surface area contributed by atoms with Gasteiger partial charge in [0.05, 0.1) is 14.2 Å². The first-order valence-corrected chi connectivity index (χ1v) is 7.37. The molecule has 0 saturated carbocycles. The third kappa shape index (κ3) is 3.04. The first kappa shape index (κ1) is 15.1. The number of ketones is 1. The van der Waals surface area contributed by atoms with E-state index in [-0.39, 0.29) is 5.78 Å². The Kier molecular flexibility index (Phi) is 4.83. The van der Waals surface area contributed by atoms with Gasteiger partial charge >= 0.3 is 0 Å². The number of carbonyl (C=O) groups is 1. The topological polar surface area (TPSA) is 35.5 Å². The summed E-state index contributed by atoms with van der Waals surface area (Å²) in [6, 6.07) is 10.7. The fourth-order valence-corrected chi connectivity index (χ4v) is 2.72. The van der Waals surface area contributed by atoms with Crippen molar-refractivity contribution in [2.45, 2.75) is 0 Å². The van der Waals surface area contributed by atoms with Crippen molar-refractivity contribution in [2.75, 3.05) is 14.2 Å². The van der Waals surface area contributed by atoms with Gasteiger partial charge in [0.15, 0.2) is 17.3 Å². The highest BCUT2D eigenvalue weighted by molar-refractivity contribution is 9.10. The molecule has 2 rings (SSSR count). The highest BCUT2D eigenvalue weighted by Crippen LogP contribution is 2.34. The van der Waals surface area contributed by atoms with E-state index in [4.69, 9.17) is 9.47 Å². The van der Waals surface area contributed by atoms with Crippen molar-refractivity contribution in [3.8, 4) is 11.5 Å². The standard InChI is InChI=1S/C15H12Br2O3/c1-19-13-7-11(12(17)8-14(13)20-2)15(18)9-4-3-5-10(16)6-9/h3-8H,1-2H3. The third-order valence-electron chi connectivity index (χ3n) is 2.80. The molecule has 0 bridgehead atoms. The smallest absolute Gasteiger partial charge is 0.194 e. The Labute approximate surface area is 134 Å². The number of ether oxygens (including phenoxy) is 2. The predicted molar refractivity (Wildman–Crippen MR) is 84.8 cm³/mol. The number of hydrogen-bond donors (Lipinski definition) is 0. The van der Waals surface area contributed by atoms with E-state index in [0.29, 0.717) is 27.1 Å². The van der Waals surface area contributed by atoms with Gasteiger partial charge in [-0.2, -0.15) is 0 Å². The van der Waals surface area contributed by atoms with E-state index >= 15 is 0 Å². The van der Waals surface area contributed by atoms with Crippen LogP contribution in [0.2, 0.25) is 0 Å². The Morgan fingerprint density at radius 1 is 1.00 bits per heavy atom. The second-order valence-corrected chi connectivity index (χ2v) is 5.80. The number of benzene rings is 2. The molecule has 2 aromatic carbocycles. The van der Waals surface area contributed by atoms with Crippen molar-refractivity contribution in [1.82, 2.24) is 0 Å². The average Bonchev–Trinajstić information content (AvgIpc) is 2.46. The maximum atomic E-state index is 12.5. The van der Waals surface area contributed by atoms with Crippen LogP contribution in [0.3, 0.4) is 0 Å². The van der Waals surface area contributed by atoms with Crippen LogP contribution in [-0.4, -0.2) is 20.0 Å². The first-order valence-electron chi connectivity index (χ1n) is 5.78. The zero-order valence-electron chi connectivity index (χ0n) is 10.9. The third-order valence-corrected chi connectivity index (χ3v) is 3.95. The summed E-state index contributed by atoms with van der Waals surface area (Å²) in [6.07, 6.45) is 0. The molecule has 0 atom stereocenters. The van der Waals surface area contributed by atoms with Crippen molar-refractivity contribution in [3.63, 3.8) is 0 Å². The summed E-state index contributed by atoms with van der Waals surface area (Å²) in [5, 5.41) is 0. The van der Waals surface area contributed by atoms with Crippen LogP contribution in [0, 0.1) is 0 Å². The average molecular weight is 400 g/mol. The summed E-state index contributed by atoms with van der Waals surface area (Å²) >= 11 is 6.76. The van der Waals surface area contributed by atoms with Crippen molar-refractivity contribution in [3.05, 3.63) is 56.5 Å². The van der Waals surface area contributed by atoms with Crippen LogP contribution in [0.5, 0.6) is 11.5 Å². The summed E-state index contributed by atoms with van der Waals surface area (Å²) in [5.74, 6) is 1.01. The van der Waals surface area contributed by atoms with Gasteiger partial charge in [0.25, 0.3) is 0 Å². The van der Waals surface area contributed by atoms with Gasteiger partial charge < -0.3 is 9.47 Å². The predicted octanol–water partition coefficient (Wildman–Crippen LogP) is 4.46. The van der Waals surface area contributed by atoms with E-state index in [9.17, 15) is 4.79 Å². The quantitative estimate of drug-likeness (QED) is 0.712. The van der Waals surface area contributed by atoms with Crippen molar-refractivity contribution >= 4 is 37.6 Å². The van der Waals surface area contributed by atoms with Crippen LogP contribution < -0.4 is 9.47 Å². The molecule has 0 N–H and O–H groups in total. The molecule has 0 aliphatic heterocycles. The molecule has 0 saturated heterocycles. The van der Waals surface area contributed by atoms with Crippen LogP contribution >= 0.6 is 31.9 Å². The number of methoxy groups -OCH3 is 2. The zero-order chi connectivity index (χ0) is 14.7. The minimum Gasteiger partial charge on any atom is -0.493 e.